The number of ether oxygens (including phenoxy) is 1. The Morgan fingerprint density at radius 1 is 0.909 bits per heavy atom. The molecule has 5 atom stereocenters. The van der Waals surface area contributed by atoms with Gasteiger partial charge in [-0.3, -0.25) is 9.69 Å². The maximum absolute atomic E-state index is 13.8. The highest BCUT2D eigenvalue weighted by Gasteiger charge is 2.54. The number of hydrogen-bond donors (Lipinski definition) is 0. The van der Waals surface area contributed by atoms with Gasteiger partial charge in [0.1, 0.15) is 18.5 Å². The number of alkyl halides is 6. The van der Waals surface area contributed by atoms with Crippen molar-refractivity contribution in [3.8, 4) is 0 Å². The molecule has 3 fully saturated rings. The SMILES string of the molecule is C[C@@H](O[C@H]1CN2C(=O)C(N3CCC(n4cnnc4)CC3)C[C@H]2[C@@H]1c1ccc(F)cc1)c1cc(C(F)(F)F)cc(C(F)(F)F)c1. The molecule has 236 valence electrons. The second-order valence-electron chi connectivity index (χ2n) is 11.7. The fraction of sp³-hybridized carbons (Fsp3) is 0.500. The third-order valence-corrected chi connectivity index (χ3v) is 9.14. The van der Waals surface area contributed by atoms with Crippen LogP contribution in [-0.2, 0) is 21.9 Å². The third-order valence-electron chi connectivity index (χ3n) is 9.14. The van der Waals surface area contributed by atoms with Crippen molar-refractivity contribution in [2.75, 3.05) is 19.6 Å². The van der Waals surface area contributed by atoms with Gasteiger partial charge in [-0.05, 0) is 67.6 Å². The molecule has 3 aromatic rings. The minimum atomic E-state index is -4.99. The summed E-state index contributed by atoms with van der Waals surface area (Å²) in [5, 5.41) is 7.73. The lowest BCUT2D eigenvalue weighted by Gasteiger charge is -2.36. The zero-order chi connectivity index (χ0) is 31.4. The molecule has 2 aromatic carbocycles. The highest BCUT2D eigenvalue weighted by Crippen LogP contribution is 2.45. The second kappa shape index (κ2) is 11.4. The molecule has 0 N–H and O–H groups in total. The molecule has 1 aromatic heterocycles. The molecule has 1 amide bonds. The average molecular weight is 626 g/mol. The van der Waals surface area contributed by atoms with Gasteiger partial charge < -0.3 is 14.2 Å². The fourth-order valence-corrected chi connectivity index (χ4v) is 6.93. The number of likely N-dealkylation sites (tertiary alicyclic amines) is 1. The largest absolute Gasteiger partial charge is 0.416 e. The van der Waals surface area contributed by atoms with Crippen molar-refractivity contribution < 1.29 is 40.3 Å². The van der Waals surface area contributed by atoms with Gasteiger partial charge in [0.15, 0.2) is 0 Å². The summed E-state index contributed by atoms with van der Waals surface area (Å²) in [6.45, 7) is 2.88. The van der Waals surface area contributed by atoms with Gasteiger partial charge in [-0.15, -0.1) is 10.2 Å². The Balaban J connectivity index is 1.23. The monoisotopic (exact) mass is 625 g/mol. The molecule has 0 aliphatic carbocycles. The van der Waals surface area contributed by atoms with Gasteiger partial charge in [0.25, 0.3) is 0 Å². The molecular formula is C30H30F7N5O2. The zero-order valence-corrected chi connectivity index (χ0v) is 23.6. The summed E-state index contributed by atoms with van der Waals surface area (Å²) < 4.78 is 103. The Bertz CT molecular complexity index is 1440. The molecule has 4 heterocycles. The van der Waals surface area contributed by atoms with Crippen LogP contribution in [0.2, 0.25) is 0 Å². The predicted octanol–water partition coefficient (Wildman–Crippen LogP) is 6.01. The number of aromatic nitrogens is 3. The Labute approximate surface area is 248 Å². The Hall–Kier alpha value is -3.52. The lowest BCUT2D eigenvalue weighted by molar-refractivity contribution is -0.143. The van der Waals surface area contributed by atoms with E-state index in [0.29, 0.717) is 37.2 Å². The van der Waals surface area contributed by atoms with Crippen molar-refractivity contribution in [3.05, 3.63) is 83.2 Å². The number of nitrogens with zero attached hydrogens (tertiary/aromatic N) is 5. The molecule has 0 spiro atoms. The van der Waals surface area contributed by atoms with Crippen LogP contribution in [0.4, 0.5) is 30.7 Å². The quantitative estimate of drug-likeness (QED) is 0.315. The molecule has 0 radical (unpaired) electrons. The average Bonchev–Trinajstić information content (AvgIpc) is 3.70. The maximum atomic E-state index is 13.8. The first-order chi connectivity index (χ1) is 20.8. The number of amides is 1. The van der Waals surface area contributed by atoms with Crippen LogP contribution in [0.15, 0.2) is 55.1 Å². The normalized spacial score (nSPS) is 25.9. The van der Waals surface area contributed by atoms with Crippen LogP contribution >= 0.6 is 0 Å². The van der Waals surface area contributed by atoms with E-state index in [-0.39, 0.29) is 42.2 Å². The van der Waals surface area contributed by atoms with Crippen LogP contribution in [0.25, 0.3) is 0 Å². The highest BCUT2D eigenvalue weighted by molar-refractivity contribution is 5.85. The van der Waals surface area contributed by atoms with Crippen molar-refractivity contribution >= 4 is 5.91 Å². The zero-order valence-electron chi connectivity index (χ0n) is 23.6. The van der Waals surface area contributed by atoms with E-state index in [2.05, 4.69) is 15.1 Å². The first kappa shape index (κ1) is 30.5. The minimum Gasteiger partial charge on any atom is -0.368 e. The molecular weight excluding hydrogens is 595 g/mol. The molecule has 14 heteroatoms. The van der Waals surface area contributed by atoms with E-state index in [0.717, 1.165) is 12.8 Å². The topological polar surface area (TPSA) is 63.5 Å². The summed E-state index contributed by atoms with van der Waals surface area (Å²) in [4.78, 5) is 17.6. The van der Waals surface area contributed by atoms with Gasteiger partial charge in [-0.2, -0.15) is 26.3 Å². The predicted molar refractivity (Wildman–Crippen MR) is 143 cm³/mol. The minimum absolute atomic E-state index is 0.0805. The van der Waals surface area contributed by atoms with Crippen molar-refractivity contribution in [1.29, 1.82) is 0 Å². The number of rotatable bonds is 6. The van der Waals surface area contributed by atoms with E-state index < -0.39 is 47.4 Å². The van der Waals surface area contributed by atoms with E-state index >= 15 is 0 Å². The number of halogens is 7. The van der Waals surface area contributed by atoms with Crippen LogP contribution in [-0.4, -0.2) is 68.3 Å². The summed E-state index contributed by atoms with van der Waals surface area (Å²) >= 11 is 0. The molecule has 0 saturated carbocycles. The number of benzene rings is 2. The number of piperidine rings is 1. The lowest BCUT2D eigenvalue weighted by atomic mass is 9.87. The van der Waals surface area contributed by atoms with E-state index in [1.165, 1.54) is 19.1 Å². The molecule has 7 nitrogen and oxygen atoms in total. The summed E-state index contributed by atoms with van der Waals surface area (Å²) in [6.07, 6.45) is -6.44. The van der Waals surface area contributed by atoms with Crippen molar-refractivity contribution in [1.82, 2.24) is 24.6 Å². The summed E-state index contributed by atoms with van der Waals surface area (Å²) in [7, 11) is 0. The maximum Gasteiger partial charge on any atom is 0.416 e. The van der Waals surface area contributed by atoms with Crippen LogP contribution < -0.4 is 0 Å². The van der Waals surface area contributed by atoms with Crippen LogP contribution in [0.3, 0.4) is 0 Å². The highest BCUT2D eigenvalue weighted by atomic mass is 19.4. The summed E-state index contributed by atoms with van der Waals surface area (Å²) in [5.74, 6) is -1.02. The standard InChI is InChI=1S/C30H30F7N5O2/c1-17(19-10-20(29(32,33)34)12-21(11-19)30(35,36)37)44-26-14-42-24(27(26)18-2-4-22(31)5-3-18)13-25(28(42)43)40-8-6-23(7-9-40)41-15-38-39-16-41/h2-5,10-12,15-17,23-27H,6-9,13-14H2,1H3/t17-,24+,25?,26+,27+/m1/s1. The number of carbonyl (C=O) groups excluding carboxylic acids is 1. The van der Waals surface area contributed by atoms with Crippen LogP contribution in [0, 0.1) is 5.82 Å². The number of fused-ring (bicyclic) bond motifs is 1. The second-order valence-corrected chi connectivity index (χ2v) is 11.7. The van der Waals surface area contributed by atoms with Crippen molar-refractivity contribution in [2.24, 2.45) is 0 Å². The molecule has 3 aliphatic heterocycles. The molecule has 3 saturated heterocycles. The van der Waals surface area contributed by atoms with Crippen molar-refractivity contribution in [3.63, 3.8) is 0 Å². The van der Waals surface area contributed by atoms with Gasteiger partial charge in [0.2, 0.25) is 5.91 Å². The van der Waals surface area contributed by atoms with E-state index in [4.69, 9.17) is 4.74 Å². The van der Waals surface area contributed by atoms with Gasteiger partial charge in [-0.25, -0.2) is 4.39 Å². The van der Waals surface area contributed by atoms with Gasteiger partial charge in [-0.1, -0.05) is 12.1 Å². The summed E-state index contributed by atoms with van der Waals surface area (Å²) in [6, 6.07) is 6.66. The van der Waals surface area contributed by atoms with Crippen molar-refractivity contribution in [2.45, 2.75) is 74.8 Å². The Morgan fingerprint density at radius 2 is 1.50 bits per heavy atom. The Kier molecular flexibility index (Phi) is 7.93. The fourth-order valence-electron chi connectivity index (χ4n) is 6.93. The number of carbonyl (C=O) groups is 1. The summed E-state index contributed by atoms with van der Waals surface area (Å²) in [5.41, 5.74) is -2.45. The first-order valence-electron chi connectivity index (χ1n) is 14.4. The molecule has 1 unspecified atom stereocenters. The first-order valence-corrected chi connectivity index (χ1v) is 14.4. The van der Waals surface area contributed by atoms with E-state index in [1.807, 2.05) is 4.57 Å². The van der Waals surface area contributed by atoms with E-state index in [1.54, 1.807) is 29.7 Å². The molecule has 44 heavy (non-hydrogen) atoms. The van der Waals surface area contributed by atoms with Gasteiger partial charge >= 0.3 is 12.4 Å². The Morgan fingerprint density at radius 3 is 2.07 bits per heavy atom. The van der Waals surface area contributed by atoms with E-state index in [9.17, 15) is 35.5 Å². The van der Waals surface area contributed by atoms with Gasteiger partial charge in [0, 0.05) is 37.6 Å². The van der Waals surface area contributed by atoms with Crippen LogP contribution in [0.5, 0.6) is 0 Å². The van der Waals surface area contributed by atoms with Crippen LogP contribution in [0.1, 0.15) is 66.5 Å². The smallest absolute Gasteiger partial charge is 0.368 e. The lowest BCUT2D eigenvalue weighted by Crippen LogP contribution is -2.46. The molecule has 3 aliphatic rings. The third kappa shape index (κ3) is 5.93. The van der Waals surface area contributed by atoms with Gasteiger partial charge in [0.05, 0.1) is 29.4 Å². The molecule has 6 rings (SSSR count). The number of hydrogen-bond acceptors (Lipinski definition) is 5. The molecule has 0 bridgehead atoms.